The van der Waals surface area contributed by atoms with Gasteiger partial charge in [0.15, 0.2) is 0 Å². The molecule has 1 atom stereocenters. The number of hydrogen-bond donors (Lipinski definition) is 2. The van der Waals surface area contributed by atoms with Gasteiger partial charge >= 0.3 is 5.97 Å². The minimum Gasteiger partial charge on any atom is -0.480 e. The fraction of sp³-hybridized carbons (Fsp3) is 0.765. The first-order chi connectivity index (χ1) is 12.0. The van der Waals surface area contributed by atoms with Crippen LogP contribution < -0.4 is 5.32 Å². The summed E-state index contributed by atoms with van der Waals surface area (Å²) in [7, 11) is 0. The van der Waals surface area contributed by atoms with Crippen LogP contribution in [0, 0.1) is 6.92 Å². The average molecular weight is 349 g/mol. The quantitative estimate of drug-likeness (QED) is 0.844. The maximum atomic E-state index is 12.5. The Bertz CT molecular complexity index is 622. The average Bonchev–Trinajstić information content (AvgIpc) is 2.89. The van der Waals surface area contributed by atoms with Crippen molar-refractivity contribution in [3.8, 4) is 0 Å². The molecule has 3 rings (SSSR count). The maximum Gasteiger partial charge on any atom is 0.322 e. The number of amides is 1. The molecule has 0 aromatic carbocycles. The first-order valence-corrected chi connectivity index (χ1v) is 9.19. The first-order valence-electron chi connectivity index (χ1n) is 9.19. The summed E-state index contributed by atoms with van der Waals surface area (Å²) in [6.45, 7) is 2.50. The van der Waals surface area contributed by atoms with Gasteiger partial charge in [-0.1, -0.05) is 32.1 Å². The van der Waals surface area contributed by atoms with Crippen LogP contribution in [0.15, 0.2) is 0 Å². The van der Waals surface area contributed by atoms with Crippen molar-refractivity contribution in [1.82, 2.24) is 25.0 Å². The van der Waals surface area contributed by atoms with Crippen molar-refractivity contribution in [3.05, 3.63) is 11.6 Å². The number of aliphatic carboxylic acids is 1. The molecular weight excluding hydrogens is 322 g/mol. The van der Waals surface area contributed by atoms with E-state index in [1.54, 1.807) is 4.90 Å². The number of rotatable bonds is 4. The lowest BCUT2D eigenvalue weighted by Gasteiger charge is -2.33. The third-order valence-electron chi connectivity index (χ3n) is 5.26. The molecule has 0 radical (unpaired) electrons. The Morgan fingerprint density at radius 2 is 1.84 bits per heavy atom. The second-order valence-electron chi connectivity index (χ2n) is 7.14. The maximum absolute atomic E-state index is 12.5. The summed E-state index contributed by atoms with van der Waals surface area (Å²) in [5, 5.41) is 20.7. The third kappa shape index (κ3) is 4.36. The third-order valence-corrected chi connectivity index (χ3v) is 5.26. The van der Waals surface area contributed by atoms with E-state index in [2.05, 4.69) is 15.5 Å². The van der Waals surface area contributed by atoms with Crippen LogP contribution in [0.5, 0.6) is 0 Å². The number of aromatic nitrogens is 3. The van der Waals surface area contributed by atoms with Crippen molar-refractivity contribution in [1.29, 1.82) is 0 Å². The molecule has 1 fully saturated rings. The Morgan fingerprint density at radius 1 is 1.16 bits per heavy atom. The molecule has 1 aromatic heterocycles. The van der Waals surface area contributed by atoms with Crippen LogP contribution in [-0.2, 0) is 22.7 Å². The number of carbonyl (C=O) groups is 2. The molecule has 1 amide bonds. The topological polar surface area (TPSA) is 100 Å². The number of fused-ring (bicyclic) bond motifs is 1. The van der Waals surface area contributed by atoms with E-state index in [1.807, 2.05) is 11.5 Å². The van der Waals surface area contributed by atoms with E-state index in [0.717, 1.165) is 25.7 Å². The lowest BCUT2D eigenvalue weighted by atomic mass is 9.97. The van der Waals surface area contributed by atoms with E-state index in [-0.39, 0.29) is 25.0 Å². The Hall–Kier alpha value is -1.96. The molecule has 1 aliphatic heterocycles. The number of nitrogens with one attached hydrogen (secondary N) is 1. The molecule has 0 spiro atoms. The zero-order valence-corrected chi connectivity index (χ0v) is 14.8. The Kier molecular flexibility index (Phi) is 5.67. The summed E-state index contributed by atoms with van der Waals surface area (Å²) < 4.78 is 1.82. The van der Waals surface area contributed by atoms with E-state index in [9.17, 15) is 14.7 Å². The minimum absolute atomic E-state index is 0.0827. The van der Waals surface area contributed by atoms with Gasteiger partial charge in [-0.15, -0.1) is 10.2 Å². The van der Waals surface area contributed by atoms with Gasteiger partial charge in [-0.2, -0.15) is 0 Å². The van der Waals surface area contributed by atoms with Crippen LogP contribution >= 0.6 is 0 Å². The standard InChI is InChI=1S/C17H27N5O3/c1-12-19-20-15-10-21(14(17(24)25)9-22(12)15)11-16(23)18-13-7-5-3-2-4-6-8-13/h13-14H,2-11H2,1H3,(H,18,23)(H,24,25). The van der Waals surface area contributed by atoms with E-state index in [0.29, 0.717) is 18.2 Å². The number of carbonyl (C=O) groups excluding carboxylic acids is 1. The summed E-state index contributed by atoms with van der Waals surface area (Å²) in [6.07, 6.45) is 8.07. The van der Waals surface area contributed by atoms with Gasteiger partial charge in [0, 0.05) is 6.04 Å². The molecule has 1 aromatic rings. The molecule has 25 heavy (non-hydrogen) atoms. The van der Waals surface area contributed by atoms with Crippen molar-refractivity contribution < 1.29 is 14.7 Å². The van der Waals surface area contributed by atoms with Gasteiger partial charge in [-0.25, -0.2) is 0 Å². The molecule has 138 valence electrons. The fourth-order valence-electron chi connectivity index (χ4n) is 3.82. The van der Waals surface area contributed by atoms with Gasteiger partial charge in [0.1, 0.15) is 17.7 Å². The Morgan fingerprint density at radius 3 is 2.52 bits per heavy atom. The smallest absolute Gasteiger partial charge is 0.322 e. The van der Waals surface area contributed by atoms with Crippen LogP contribution in [0.1, 0.15) is 56.6 Å². The van der Waals surface area contributed by atoms with Crippen molar-refractivity contribution >= 4 is 11.9 Å². The molecular formula is C17H27N5O3. The predicted octanol–water partition coefficient (Wildman–Crippen LogP) is 1.08. The zero-order valence-electron chi connectivity index (χ0n) is 14.8. The molecule has 2 aliphatic rings. The molecule has 8 nitrogen and oxygen atoms in total. The molecule has 1 saturated carbocycles. The second-order valence-corrected chi connectivity index (χ2v) is 7.14. The molecule has 0 bridgehead atoms. The fourth-order valence-corrected chi connectivity index (χ4v) is 3.82. The van der Waals surface area contributed by atoms with Crippen molar-refractivity contribution in [2.24, 2.45) is 0 Å². The lowest BCUT2D eigenvalue weighted by molar-refractivity contribution is -0.145. The van der Waals surface area contributed by atoms with E-state index >= 15 is 0 Å². The molecule has 8 heteroatoms. The first kappa shape index (κ1) is 17.8. The lowest BCUT2D eigenvalue weighted by Crippen LogP contribution is -2.52. The van der Waals surface area contributed by atoms with Gasteiger partial charge in [0.25, 0.3) is 0 Å². The molecule has 1 aliphatic carbocycles. The van der Waals surface area contributed by atoms with Crippen LogP contribution in [0.2, 0.25) is 0 Å². The van der Waals surface area contributed by atoms with Crippen molar-refractivity contribution in [3.63, 3.8) is 0 Å². The number of carboxylic acid groups (broad SMARTS) is 1. The SMILES string of the molecule is Cc1nnc2n1CC(C(=O)O)N(CC(=O)NC1CCCCCCC1)C2. The second kappa shape index (κ2) is 7.95. The van der Waals surface area contributed by atoms with E-state index in [1.165, 1.54) is 19.3 Å². The number of aryl methyl sites for hydroxylation is 1. The Labute approximate surface area is 147 Å². The van der Waals surface area contributed by atoms with Gasteiger partial charge in [0.2, 0.25) is 5.91 Å². The van der Waals surface area contributed by atoms with Crippen LogP contribution in [0.3, 0.4) is 0 Å². The largest absolute Gasteiger partial charge is 0.480 e. The Balaban J connectivity index is 1.61. The van der Waals surface area contributed by atoms with Crippen LogP contribution in [-0.4, -0.2) is 55.3 Å². The highest BCUT2D eigenvalue weighted by Gasteiger charge is 2.34. The zero-order chi connectivity index (χ0) is 17.8. The van der Waals surface area contributed by atoms with Gasteiger partial charge < -0.3 is 15.0 Å². The molecule has 1 unspecified atom stereocenters. The summed E-state index contributed by atoms with van der Waals surface area (Å²) in [4.78, 5) is 25.8. The van der Waals surface area contributed by atoms with E-state index in [4.69, 9.17) is 0 Å². The van der Waals surface area contributed by atoms with Crippen LogP contribution in [0.4, 0.5) is 0 Å². The number of carboxylic acids is 1. The van der Waals surface area contributed by atoms with E-state index < -0.39 is 12.0 Å². The molecule has 2 N–H and O–H groups in total. The highest BCUT2D eigenvalue weighted by atomic mass is 16.4. The number of nitrogens with zero attached hydrogens (tertiary/aromatic N) is 4. The predicted molar refractivity (Wildman–Crippen MR) is 90.8 cm³/mol. The summed E-state index contributed by atoms with van der Waals surface area (Å²) in [5.41, 5.74) is 0. The highest BCUT2D eigenvalue weighted by Crippen LogP contribution is 2.19. The summed E-state index contributed by atoms with van der Waals surface area (Å²) in [6, 6.07) is -0.517. The minimum atomic E-state index is -0.919. The normalized spacial score (nSPS) is 22.7. The van der Waals surface area contributed by atoms with Gasteiger partial charge in [-0.3, -0.25) is 14.5 Å². The van der Waals surface area contributed by atoms with Crippen molar-refractivity contribution in [2.75, 3.05) is 6.54 Å². The molecule has 2 heterocycles. The highest BCUT2D eigenvalue weighted by molar-refractivity contribution is 5.80. The van der Waals surface area contributed by atoms with Gasteiger partial charge in [0.05, 0.1) is 19.6 Å². The monoisotopic (exact) mass is 349 g/mol. The summed E-state index contributed by atoms with van der Waals surface area (Å²) >= 11 is 0. The van der Waals surface area contributed by atoms with Crippen molar-refractivity contribution in [2.45, 2.75) is 77.0 Å². The number of hydrogen-bond acceptors (Lipinski definition) is 5. The van der Waals surface area contributed by atoms with Crippen LogP contribution in [0.25, 0.3) is 0 Å². The summed E-state index contributed by atoms with van der Waals surface area (Å²) in [5.74, 6) is 0.410. The molecule has 0 saturated heterocycles. The van der Waals surface area contributed by atoms with Gasteiger partial charge in [-0.05, 0) is 19.8 Å².